The third kappa shape index (κ3) is 9.68. The van der Waals surface area contributed by atoms with Gasteiger partial charge in [0.1, 0.15) is 11.5 Å². The van der Waals surface area contributed by atoms with Crippen molar-refractivity contribution in [3.63, 3.8) is 0 Å². The fraction of sp³-hybridized carbons (Fsp3) is 0.143. The molecule has 0 spiro atoms. The molecule has 0 radical (unpaired) electrons. The summed E-state index contributed by atoms with van der Waals surface area (Å²) in [5, 5.41) is 0. The van der Waals surface area contributed by atoms with Crippen LogP contribution in [0.15, 0.2) is 284 Å². The number of para-hydroxylation sites is 1. The van der Waals surface area contributed by atoms with Crippen molar-refractivity contribution in [2.75, 3.05) is 9.80 Å². The summed E-state index contributed by atoms with van der Waals surface area (Å²) in [6.07, 6.45) is 3.06. The molecule has 392 valence electrons. The summed E-state index contributed by atoms with van der Waals surface area (Å²) < 4.78 is 7.22. The molecule has 80 heavy (non-hydrogen) atoms. The Morgan fingerprint density at radius 3 is 1.40 bits per heavy atom. The molecule has 1 atom stereocenters. The Balaban J connectivity index is 1.14. The van der Waals surface area contributed by atoms with E-state index in [2.05, 4.69) is 319 Å². The molecule has 1 heterocycles. The molecule has 2 aliphatic rings. The van der Waals surface area contributed by atoms with Crippen LogP contribution < -0.4 is 14.5 Å². The highest BCUT2D eigenvalue weighted by Crippen LogP contribution is 2.59. The lowest BCUT2D eigenvalue weighted by Crippen LogP contribution is -2.31. The van der Waals surface area contributed by atoms with Gasteiger partial charge >= 0.3 is 0 Å². The van der Waals surface area contributed by atoms with E-state index < -0.39 is 5.41 Å². The maximum atomic E-state index is 7.22. The Bertz CT molecular complexity index is 3930. The van der Waals surface area contributed by atoms with Crippen molar-refractivity contribution < 1.29 is 4.74 Å². The molecule has 12 rings (SSSR count). The molecule has 0 N–H and O–H groups in total. The minimum Gasteiger partial charge on any atom is -0.457 e. The van der Waals surface area contributed by atoms with Gasteiger partial charge in [-0.05, 0) is 152 Å². The van der Waals surface area contributed by atoms with E-state index >= 15 is 0 Å². The zero-order valence-electron chi connectivity index (χ0n) is 47.0. The standard InChI is InChI=1S/C77H68N2O/c1-53-21-20-29-63(49-53)77(62-27-16-11-17-28-62)71-51-68(78(66-43-35-60(36-44-66)75(3,4)5)64-39-31-57(32-40-64)55-22-12-9-13-23-55)47-48-70(71)74-54(2)80-73-30-19-18-26-59(73)50-69(52-72(74)77)79(67-45-37-61(38-46-67)76(6,7)8)65-41-33-58(34-42-65)56-24-14-10-15-25-56/h9-49,51-52H,2,50H2,1,3-8H3/b69-52+. The highest BCUT2D eigenvalue weighted by Gasteiger charge is 2.49. The number of allylic oxidation sites excluding steroid dienone is 4. The molecule has 1 unspecified atom stereocenters. The van der Waals surface area contributed by atoms with Crippen LogP contribution in [0.1, 0.15) is 86.1 Å². The van der Waals surface area contributed by atoms with Crippen molar-refractivity contribution in [1.82, 2.24) is 0 Å². The maximum Gasteiger partial charge on any atom is 0.131 e. The zero-order chi connectivity index (χ0) is 55.2. The van der Waals surface area contributed by atoms with Gasteiger partial charge in [0.2, 0.25) is 0 Å². The van der Waals surface area contributed by atoms with E-state index in [4.69, 9.17) is 11.3 Å². The van der Waals surface area contributed by atoms with Crippen molar-refractivity contribution >= 4 is 34.0 Å². The lowest BCUT2D eigenvalue weighted by Gasteiger charge is -2.37. The van der Waals surface area contributed by atoms with Crippen molar-refractivity contribution in [3.8, 4) is 28.0 Å². The second kappa shape index (κ2) is 20.9. The second-order valence-corrected chi connectivity index (χ2v) is 23.5. The van der Waals surface area contributed by atoms with Crippen LogP contribution in [0, 0.1) is 6.92 Å². The Morgan fingerprint density at radius 2 is 0.875 bits per heavy atom. The summed E-state index contributed by atoms with van der Waals surface area (Å²) >= 11 is 0. The fourth-order valence-corrected chi connectivity index (χ4v) is 12.0. The van der Waals surface area contributed by atoms with E-state index in [1.165, 1.54) is 33.4 Å². The average molecular weight is 1040 g/mol. The van der Waals surface area contributed by atoms with Gasteiger partial charge in [0, 0.05) is 51.7 Å². The first-order valence-electron chi connectivity index (χ1n) is 28.0. The van der Waals surface area contributed by atoms with Crippen molar-refractivity contribution in [2.45, 2.75) is 71.1 Å². The number of anilines is 5. The van der Waals surface area contributed by atoms with Crippen LogP contribution in [-0.2, 0) is 22.7 Å². The molecule has 0 saturated heterocycles. The predicted octanol–water partition coefficient (Wildman–Crippen LogP) is 20.4. The molecule has 0 bridgehead atoms. The van der Waals surface area contributed by atoms with Crippen LogP contribution in [0.3, 0.4) is 0 Å². The van der Waals surface area contributed by atoms with Crippen LogP contribution >= 0.6 is 0 Å². The number of hydrogen-bond donors (Lipinski definition) is 0. The molecule has 10 aromatic rings. The van der Waals surface area contributed by atoms with Crippen LogP contribution in [0.2, 0.25) is 0 Å². The summed E-state index contributed by atoms with van der Waals surface area (Å²) in [7, 11) is 0. The van der Waals surface area contributed by atoms with Crippen molar-refractivity contribution in [2.24, 2.45) is 0 Å². The number of benzene rings is 10. The van der Waals surface area contributed by atoms with E-state index in [0.29, 0.717) is 12.2 Å². The van der Waals surface area contributed by atoms with Gasteiger partial charge in [0.05, 0.1) is 5.41 Å². The molecule has 0 aromatic heterocycles. The molecular formula is C77H68N2O. The van der Waals surface area contributed by atoms with Crippen LogP contribution in [-0.4, -0.2) is 0 Å². The highest BCUT2D eigenvalue weighted by atomic mass is 16.5. The topological polar surface area (TPSA) is 15.7 Å². The van der Waals surface area contributed by atoms with E-state index in [0.717, 1.165) is 84.4 Å². The zero-order valence-corrected chi connectivity index (χ0v) is 47.0. The number of ether oxygens (including phenoxy) is 1. The van der Waals surface area contributed by atoms with Crippen molar-refractivity contribution in [3.05, 3.63) is 329 Å². The normalized spacial score (nSPS) is 15.7. The lowest BCUT2D eigenvalue weighted by atomic mass is 9.66. The quantitative estimate of drug-likeness (QED) is 0.136. The number of nitrogens with zero attached hydrogens (tertiary/aromatic N) is 2. The molecule has 10 aromatic carbocycles. The monoisotopic (exact) mass is 1040 g/mol. The highest BCUT2D eigenvalue weighted by molar-refractivity contribution is 5.96. The lowest BCUT2D eigenvalue weighted by molar-refractivity contribution is 0.447. The molecule has 1 aliphatic heterocycles. The van der Waals surface area contributed by atoms with Gasteiger partial charge in [-0.1, -0.05) is 242 Å². The molecule has 0 saturated carbocycles. The van der Waals surface area contributed by atoms with Gasteiger partial charge in [0.15, 0.2) is 0 Å². The third-order valence-corrected chi connectivity index (χ3v) is 16.2. The van der Waals surface area contributed by atoms with E-state index in [-0.39, 0.29) is 10.8 Å². The Kier molecular flexibility index (Phi) is 13.5. The summed E-state index contributed by atoms with van der Waals surface area (Å²) in [4.78, 5) is 4.89. The third-order valence-electron chi connectivity index (χ3n) is 16.2. The Morgan fingerprint density at radius 1 is 0.425 bits per heavy atom. The predicted molar refractivity (Wildman–Crippen MR) is 337 cm³/mol. The molecule has 0 amide bonds. The van der Waals surface area contributed by atoms with Crippen LogP contribution in [0.5, 0.6) is 5.75 Å². The summed E-state index contributed by atoms with van der Waals surface area (Å²) in [5.74, 6) is 1.39. The summed E-state index contributed by atoms with van der Waals surface area (Å²) in [6, 6.07) is 93.5. The first kappa shape index (κ1) is 51.6. The Labute approximate surface area is 474 Å². The van der Waals surface area contributed by atoms with Crippen molar-refractivity contribution in [1.29, 1.82) is 0 Å². The average Bonchev–Trinajstić information content (AvgIpc) is 3.99. The molecule has 0 fully saturated rings. The summed E-state index contributed by atoms with van der Waals surface area (Å²) in [6.45, 7) is 20.8. The van der Waals surface area contributed by atoms with Crippen LogP contribution in [0.25, 0.3) is 27.8 Å². The van der Waals surface area contributed by atoms with Gasteiger partial charge in [-0.3, -0.25) is 0 Å². The SMILES string of the molecule is C=C1Oc2ccccc2C/C(N(c2ccc(-c3ccccc3)cc2)c2ccc(C(C)(C)C)cc2)=C\C2=C1c1ccc(N(c3ccc(-c4ccccc4)cc3)c3ccc(C(C)(C)C)cc3)cc1C2(c1ccccc1)c1cccc(C)c1. The van der Waals surface area contributed by atoms with E-state index in [1.54, 1.807) is 0 Å². The number of fused-ring (bicyclic) bond motifs is 3. The first-order chi connectivity index (χ1) is 38.7. The van der Waals surface area contributed by atoms with E-state index in [9.17, 15) is 0 Å². The minimum atomic E-state index is -0.861. The van der Waals surface area contributed by atoms with Gasteiger partial charge < -0.3 is 14.5 Å². The fourth-order valence-electron chi connectivity index (χ4n) is 12.0. The first-order valence-corrected chi connectivity index (χ1v) is 28.0. The molecular weight excluding hydrogens is 969 g/mol. The number of aryl methyl sites for hydroxylation is 1. The van der Waals surface area contributed by atoms with Gasteiger partial charge in [-0.15, -0.1) is 0 Å². The summed E-state index contributed by atoms with van der Waals surface area (Å²) in [5.41, 5.74) is 21.6. The minimum absolute atomic E-state index is 0.00711. The van der Waals surface area contributed by atoms with Gasteiger partial charge in [-0.25, -0.2) is 0 Å². The number of hydrogen-bond acceptors (Lipinski definition) is 3. The van der Waals surface area contributed by atoms with Crippen LogP contribution in [0.4, 0.5) is 28.4 Å². The number of rotatable bonds is 10. The maximum absolute atomic E-state index is 7.22. The van der Waals surface area contributed by atoms with Gasteiger partial charge in [0.25, 0.3) is 0 Å². The second-order valence-electron chi connectivity index (χ2n) is 23.5. The van der Waals surface area contributed by atoms with E-state index in [1.807, 2.05) is 0 Å². The largest absolute Gasteiger partial charge is 0.457 e. The Hall–Kier alpha value is -9.18. The molecule has 3 heteroatoms. The smallest absolute Gasteiger partial charge is 0.131 e. The molecule has 1 aliphatic carbocycles. The van der Waals surface area contributed by atoms with Gasteiger partial charge in [-0.2, -0.15) is 0 Å². The molecule has 3 nitrogen and oxygen atoms in total.